The number of aryl methyl sites for hydroxylation is 1. The fourth-order valence-corrected chi connectivity index (χ4v) is 2.92. The molecule has 7 heteroatoms. The summed E-state index contributed by atoms with van der Waals surface area (Å²) in [6.45, 7) is 2.27. The van der Waals surface area contributed by atoms with E-state index in [9.17, 15) is 14.7 Å². The molecule has 2 N–H and O–H groups in total. The molecule has 2 atom stereocenters. The zero-order valence-electron chi connectivity index (χ0n) is 13.2. The Labute approximate surface area is 133 Å². The number of rotatable bonds is 2. The number of carbonyl (C=O) groups excluding carboxylic acids is 2. The van der Waals surface area contributed by atoms with E-state index in [0.29, 0.717) is 18.5 Å². The molecule has 0 spiro atoms. The number of carbonyl (C=O) groups is 2. The van der Waals surface area contributed by atoms with E-state index in [1.165, 1.54) is 6.92 Å². The van der Waals surface area contributed by atoms with Crippen molar-refractivity contribution >= 4 is 22.8 Å². The average molecular weight is 316 g/mol. The number of piperidine rings is 1. The van der Waals surface area contributed by atoms with E-state index >= 15 is 0 Å². The van der Waals surface area contributed by atoms with Gasteiger partial charge in [-0.25, -0.2) is 4.98 Å². The zero-order chi connectivity index (χ0) is 16.6. The number of fused-ring (bicyclic) bond motifs is 1. The van der Waals surface area contributed by atoms with Crippen molar-refractivity contribution in [1.82, 2.24) is 19.8 Å². The number of hydrogen-bond donors (Lipinski definition) is 2. The number of nitrogens with one attached hydrogen (secondary N) is 1. The molecular weight excluding hydrogens is 296 g/mol. The summed E-state index contributed by atoms with van der Waals surface area (Å²) in [4.78, 5) is 29.6. The molecule has 1 aliphatic rings. The number of β-amino-alcohol motifs (C(OH)–C–C–N with tert-alkyl or cyclic N) is 1. The van der Waals surface area contributed by atoms with Crippen molar-refractivity contribution in [2.75, 3.05) is 13.1 Å². The van der Waals surface area contributed by atoms with Crippen LogP contribution in [0.4, 0.5) is 0 Å². The summed E-state index contributed by atoms with van der Waals surface area (Å²) in [6.07, 6.45) is 1.49. The molecule has 0 bridgehead atoms. The predicted molar refractivity (Wildman–Crippen MR) is 84.8 cm³/mol. The molecule has 1 aromatic heterocycles. The van der Waals surface area contributed by atoms with E-state index in [1.807, 2.05) is 17.7 Å². The zero-order valence-corrected chi connectivity index (χ0v) is 13.2. The highest BCUT2D eigenvalue weighted by Gasteiger charge is 2.30. The van der Waals surface area contributed by atoms with Crippen LogP contribution in [-0.2, 0) is 11.8 Å². The van der Waals surface area contributed by atoms with E-state index < -0.39 is 6.10 Å². The minimum absolute atomic E-state index is 0.0607. The van der Waals surface area contributed by atoms with Crippen LogP contribution >= 0.6 is 0 Å². The van der Waals surface area contributed by atoms with Gasteiger partial charge in [-0.1, -0.05) is 0 Å². The van der Waals surface area contributed by atoms with Gasteiger partial charge in [0.2, 0.25) is 5.91 Å². The molecular formula is C16H20N4O3. The third-order valence-corrected chi connectivity index (χ3v) is 4.33. The van der Waals surface area contributed by atoms with Crippen LogP contribution in [0.5, 0.6) is 0 Å². The maximum absolute atomic E-state index is 12.4. The van der Waals surface area contributed by atoms with Crippen LogP contribution in [0, 0.1) is 0 Å². The quantitative estimate of drug-likeness (QED) is 0.833. The van der Waals surface area contributed by atoms with Crippen LogP contribution in [0.2, 0.25) is 0 Å². The SMILES string of the molecule is CC(=O)N1CC[C@@H](NC(=O)c2ccc3c(c2)ncn3C)[C@H](O)C1. The molecule has 3 rings (SSSR count). The van der Waals surface area contributed by atoms with Crippen LogP contribution in [0.1, 0.15) is 23.7 Å². The summed E-state index contributed by atoms with van der Waals surface area (Å²) >= 11 is 0. The first kappa shape index (κ1) is 15.5. The highest BCUT2D eigenvalue weighted by molar-refractivity contribution is 5.97. The topological polar surface area (TPSA) is 87.5 Å². The number of hydrogen-bond acceptors (Lipinski definition) is 4. The Hall–Kier alpha value is -2.41. The Morgan fingerprint density at radius 2 is 2.17 bits per heavy atom. The Morgan fingerprint density at radius 1 is 1.39 bits per heavy atom. The van der Waals surface area contributed by atoms with Gasteiger partial charge >= 0.3 is 0 Å². The van der Waals surface area contributed by atoms with Crippen LogP contribution in [0.3, 0.4) is 0 Å². The first-order valence-corrected chi connectivity index (χ1v) is 7.61. The van der Waals surface area contributed by atoms with E-state index in [-0.39, 0.29) is 24.4 Å². The second kappa shape index (κ2) is 6.00. The number of aliphatic hydroxyl groups is 1. The first-order chi connectivity index (χ1) is 11.0. The number of amides is 2. The van der Waals surface area contributed by atoms with Crippen molar-refractivity contribution in [1.29, 1.82) is 0 Å². The van der Waals surface area contributed by atoms with Crippen LogP contribution in [0.25, 0.3) is 11.0 Å². The van der Waals surface area contributed by atoms with E-state index in [4.69, 9.17) is 0 Å². The van der Waals surface area contributed by atoms with Crippen LogP contribution in [0.15, 0.2) is 24.5 Å². The van der Waals surface area contributed by atoms with Crippen LogP contribution < -0.4 is 5.32 Å². The van der Waals surface area contributed by atoms with Gasteiger partial charge in [0.15, 0.2) is 0 Å². The second-order valence-electron chi connectivity index (χ2n) is 5.96. The number of imidazole rings is 1. The van der Waals surface area contributed by atoms with Gasteiger partial charge in [0.25, 0.3) is 5.91 Å². The molecule has 0 aliphatic carbocycles. The molecule has 0 saturated carbocycles. The summed E-state index contributed by atoms with van der Waals surface area (Å²) in [6, 6.07) is 4.99. The smallest absolute Gasteiger partial charge is 0.251 e. The van der Waals surface area contributed by atoms with Crippen molar-refractivity contribution < 1.29 is 14.7 Å². The highest BCUT2D eigenvalue weighted by Crippen LogP contribution is 2.16. The summed E-state index contributed by atoms with van der Waals surface area (Å²) in [5, 5.41) is 13.0. The fourth-order valence-electron chi connectivity index (χ4n) is 2.92. The van der Waals surface area contributed by atoms with Gasteiger partial charge < -0.3 is 19.9 Å². The summed E-state index contributed by atoms with van der Waals surface area (Å²) in [5.74, 6) is -0.299. The molecule has 7 nitrogen and oxygen atoms in total. The lowest BCUT2D eigenvalue weighted by Gasteiger charge is -2.35. The van der Waals surface area contributed by atoms with Crippen molar-refractivity contribution in [3.05, 3.63) is 30.1 Å². The van der Waals surface area contributed by atoms with Crippen LogP contribution in [-0.4, -0.2) is 56.6 Å². The third-order valence-electron chi connectivity index (χ3n) is 4.33. The minimum atomic E-state index is -0.754. The van der Waals surface area contributed by atoms with Gasteiger partial charge in [0, 0.05) is 32.6 Å². The van der Waals surface area contributed by atoms with E-state index in [1.54, 1.807) is 23.4 Å². The Balaban J connectivity index is 1.69. The van der Waals surface area contributed by atoms with Gasteiger partial charge in [-0.05, 0) is 24.6 Å². The summed E-state index contributed by atoms with van der Waals surface area (Å²) in [7, 11) is 1.90. The molecule has 23 heavy (non-hydrogen) atoms. The van der Waals surface area contributed by atoms with Gasteiger partial charge in [-0.3, -0.25) is 9.59 Å². The Morgan fingerprint density at radius 3 is 2.87 bits per heavy atom. The second-order valence-corrected chi connectivity index (χ2v) is 5.96. The summed E-state index contributed by atoms with van der Waals surface area (Å²) < 4.78 is 1.89. The largest absolute Gasteiger partial charge is 0.389 e. The number of nitrogens with zero attached hydrogens (tertiary/aromatic N) is 3. The van der Waals surface area contributed by atoms with E-state index in [2.05, 4.69) is 10.3 Å². The van der Waals surface area contributed by atoms with Gasteiger partial charge in [0.05, 0.1) is 29.5 Å². The monoisotopic (exact) mass is 316 g/mol. The third kappa shape index (κ3) is 3.05. The lowest BCUT2D eigenvalue weighted by Crippen LogP contribution is -2.55. The molecule has 2 heterocycles. The average Bonchev–Trinajstić information content (AvgIpc) is 2.90. The standard InChI is InChI=1S/C16H20N4O3/c1-10(21)20-6-5-12(15(22)8-20)18-16(23)11-3-4-14-13(7-11)17-9-19(14)2/h3-4,7,9,12,15,22H,5-6,8H2,1-2H3,(H,18,23)/t12-,15-/m1/s1. The molecule has 1 fully saturated rings. The highest BCUT2D eigenvalue weighted by atomic mass is 16.3. The van der Waals surface area contributed by atoms with Gasteiger partial charge in [-0.2, -0.15) is 0 Å². The summed E-state index contributed by atoms with van der Waals surface area (Å²) in [5.41, 5.74) is 2.22. The van der Waals surface area contributed by atoms with Crippen molar-refractivity contribution in [2.24, 2.45) is 7.05 Å². The van der Waals surface area contributed by atoms with E-state index in [0.717, 1.165) is 11.0 Å². The maximum atomic E-state index is 12.4. The minimum Gasteiger partial charge on any atom is -0.389 e. The van der Waals surface area contributed by atoms with Crippen molar-refractivity contribution in [3.63, 3.8) is 0 Å². The Bertz CT molecular complexity index is 755. The predicted octanol–water partition coefficient (Wildman–Crippen LogP) is 0.285. The molecule has 1 saturated heterocycles. The molecule has 1 aliphatic heterocycles. The van der Waals surface area contributed by atoms with Crippen molar-refractivity contribution in [3.8, 4) is 0 Å². The molecule has 122 valence electrons. The number of aromatic nitrogens is 2. The Kier molecular flexibility index (Phi) is 4.04. The maximum Gasteiger partial charge on any atom is 0.251 e. The first-order valence-electron chi connectivity index (χ1n) is 7.61. The normalized spacial score (nSPS) is 21.4. The lowest BCUT2D eigenvalue weighted by atomic mass is 10.0. The molecule has 2 aromatic rings. The molecule has 1 aromatic carbocycles. The molecule has 2 amide bonds. The molecule has 0 radical (unpaired) electrons. The molecule has 0 unspecified atom stereocenters. The lowest BCUT2D eigenvalue weighted by molar-refractivity contribution is -0.132. The number of likely N-dealkylation sites (tertiary alicyclic amines) is 1. The fraction of sp³-hybridized carbons (Fsp3) is 0.438. The number of benzene rings is 1. The van der Waals surface area contributed by atoms with Crippen molar-refractivity contribution in [2.45, 2.75) is 25.5 Å². The van der Waals surface area contributed by atoms with Gasteiger partial charge in [-0.15, -0.1) is 0 Å². The van der Waals surface area contributed by atoms with Gasteiger partial charge in [0.1, 0.15) is 0 Å². The number of aliphatic hydroxyl groups excluding tert-OH is 1.